The van der Waals surface area contributed by atoms with Gasteiger partial charge >= 0.3 is 0 Å². The third-order valence-corrected chi connectivity index (χ3v) is 6.08. The number of carbonyl (C=O) groups is 1. The predicted molar refractivity (Wildman–Crippen MR) is 108 cm³/mol. The monoisotopic (exact) mass is 382 g/mol. The number of halogens is 1. The molecule has 1 N–H and O–H groups in total. The Morgan fingerprint density at radius 1 is 1.21 bits per heavy atom. The Bertz CT molecular complexity index is 858. The van der Waals surface area contributed by atoms with Crippen LogP contribution in [0.5, 0.6) is 0 Å². The SMILES string of the molecule is CNc1cc(C(=O)N2CC[C@]3(CCCN(Cc4ccccc4F)C3)C2)ccn1. The van der Waals surface area contributed by atoms with Crippen molar-refractivity contribution in [1.29, 1.82) is 0 Å². The lowest BCUT2D eigenvalue weighted by Gasteiger charge is -2.40. The maximum atomic E-state index is 14.0. The Morgan fingerprint density at radius 3 is 2.89 bits per heavy atom. The van der Waals surface area contributed by atoms with E-state index in [0.717, 1.165) is 51.0 Å². The number of hydrogen-bond acceptors (Lipinski definition) is 4. The van der Waals surface area contributed by atoms with Gasteiger partial charge in [-0.15, -0.1) is 0 Å². The number of anilines is 1. The number of carbonyl (C=O) groups excluding carboxylic acids is 1. The van der Waals surface area contributed by atoms with E-state index >= 15 is 0 Å². The Kier molecular flexibility index (Phi) is 5.31. The number of aromatic nitrogens is 1. The van der Waals surface area contributed by atoms with Crippen LogP contribution in [-0.2, 0) is 6.54 Å². The molecular weight excluding hydrogens is 355 g/mol. The predicted octanol–water partition coefficient (Wildman–Crippen LogP) is 3.39. The van der Waals surface area contributed by atoms with Gasteiger partial charge in [-0.2, -0.15) is 0 Å². The molecule has 1 spiro atoms. The highest BCUT2D eigenvalue weighted by atomic mass is 19.1. The van der Waals surface area contributed by atoms with Crippen LogP contribution >= 0.6 is 0 Å². The Morgan fingerprint density at radius 2 is 2.07 bits per heavy atom. The van der Waals surface area contributed by atoms with Crippen LogP contribution in [-0.4, -0.2) is 53.9 Å². The highest BCUT2D eigenvalue weighted by Crippen LogP contribution is 2.40. The molecule has 4 rings (SSSR count). The third kappa shape index (κ3) is 3.87. The van der Waals surface area contributed by atoms with Gasteiger partial charge < -0.3 is 10.2 Å². The lowest BCUT2D eigenvalue weighted by Crippen LogP contribution is -2.45. The van der Waals surface area contributed by atoms with Crippen molar-refractivity contribution in [1.82, 2.24) is 14.8 Å². The summed E-state index contributed by atoms with van der Waals surface area (Å²) in [6, 6.07) is 10.6. The number of nitrogens with one attached hydrogen (secondary N) is 1. The molecule has 1 atom stereocenters. The molecule has 148 valence electrons. The number of amides is 1. The number of piperidine rings is 1. The van der Waals surface area contributed by atoms with E-state index in [0.29, 0.717) is 17.9 Å². The minimum absolute atomic E-state index is 0.0713. The summed E-state index contributed by atoms with van der Waals surface area (Å²) in [5.74, 6) is 0.638. The van der Waals surface area contributed by atoms with Crippen LogP contribution in [0.4, 0.5) is 10.2 Å². The zero-order valence-corrected chi connectivity index (χ0v) is 16.3. The first-order valence-electron chi connectivity index (χ1n) is 9.97. The number of benzene rings is 1. The highest BCUT2D eigenvalue weighted by molar-refractivity contribution is 5.95. The zero-order valence-electron chi connectivity index (χ0n) is 16.3. The molecule has 1 amide bonds. The van der Waals surface area contributed by atoms with Gasteiger partial charge in [0.15, 0.2) is 0 Å². The summed E-state index contributed by atoms with van der Waals surface area (Å²) in [5, 5.41) is 2.98. The van der Waals surface area contributed by atoms with Crippen molar-refractivity contribution in [3.63, 3.8) is 0 Å². The van der Waals surface area contributed by atoms with E-state index in [2.05, 4.69) is 15.2 Å². The van der Waals surface area contributed by atoms with Crippen LogP contribution < -0.4 is 5.32 Å². The molecule has 2 aliphatic heterocycles. The van der Waals surface area contributed by atoms with Gasteiger partial charge in [0.1, 0.15) is 11.6 Å². The van der Waals surface area contributed by atoms with Crippen LogP contribution in [0.15, 0.2) is 42.6 Å². The maximum Gasteiger partial charge on any atom is 0.254 e. The minimum atomic E-state index is -0.136. The molecule has 0 aliphatic carbocycles. The lowest BCUT2D eigenvalue weighted by atomic mass is 9.79. The van der Waals surface area contributed by atoms with Crippen LogP contribution in [0.1, 0.15) is 35.2 Å². The van der Waals surface area contributed by atoms with E-state index < -0.39 is 0 Å². The van der Waals surface area contributed by atoms with Crippen LogP contribution in [0.3, 0.4) is 0 Å². The van der Waals surface area contributed by atoms with Crippen molar-refractivity contribution < 1.29 is 9.18 Å². The molecule has 0 bridgehead atoms. The van der Waals surface area contributed by atoms with Gasteiger partial charge in [0.2, 0.25) is 0 Å². The number of pyridine rings is 1. The number of nitrogens with zero attached hydrogens (tertiary/aromatic N) is 3. The molecule has 1 aromatic carbocycles. The number of likely N-dealkylation sites (tertiary alicyclic amines) is 2. The largest absolute Gasteiger partial charge is 0.373 e. The second kappa shape index (κ2) is 7.87. The molecule has 6 heteroatoms. The number of rotatable bonds is 4. The van der Waals surface area contributed by atoms with Crippen molar-refractivity contribution in [2.24, 2.45) is 5.41 Å². The molecule has 5 nitrogen and oxygen atoms in total. The minimum Gasteiger partial charge on any atom is -0.373 e. The van der Waals surface area contributed by atoms with E-state index in [9.17, 15) is 9.18 Å². The lowest BCUT2D eigenvalue weighted by molar-refractivity contribution is 0.0673. The molecule has 2 fully saturated rings. The van der Waals surface area contributed by atoms with Gasteiger partial charge in [-0.05, 0) is 44.0 Å². The van der Waals surface area contributed by atoms with Gasteiger partial charge in [-0.3, -0.25) is 9.69 Å². The number of hydrogen-bond donors (Lipinski definition) is 1. The Hall–Kier alpha value is -2.47. The van der Waals surface area contributed by atoms with Gasteiger partial charge in [0.05, 0.1) is 0 Å². The molecule has 1 aromatic heterocycles. The smallest absolute Gasteiger partial charge is 0.254 e. The van der Waals surface area contributed by atoms with E-state index in [4.69, 9.17) is 0 Å². The summed E-state index contributed by atoms with van der Waals surface area (Å²) in [7, 11) is 1.80. The Balaban J connectivity index is 1.43. The van der Waals surface area contributed by atoms with Crippen molar-refractivity contribution in [2.75, 3.05) is 38.5 Å². The molecule has 0 saturated carbocycles. The van der Waals surface area contributed by atoms with Crippen LogP contribution in [0.2, 0.25) is 0 Å². The van der Waals surface area contributed by atoms with Crippen molar-refractivity contribution in [2.45, 2.75) is 25.8 Å². The van der Waals surface area contributed by atoms with Crippen molar-refractivity contribution >= 4 is 11.7 Å². The van der Waals surface area contributed by atoms with Gasteiger partial charge in [-0.1, -0.05) is 18.2 Å². The van der Waals surface area contributed by atoms with Gasteiger partial charge in [0.25, 0.3) is 5.91 Å². The fourth-order valence-corrected chi connectivity index (χ4v) is 4.64. The summed E-state index contributed by atoms with van der Waals surface area (Å²) in [5.41, 5.74) is 1.55. The summed E-state index contributed by atoms with van der Waals surface area (Å²) >= 11 is 0. The molecule has 2 saturated heterocycles. The Labute approximate surface area is 165 Å². The van der Waals surface area contributed by atoms with Crippen LogP contribution in [0, 0.1) is 11.2 Å². The standard InChI is InChI=1S/C22H27FN4O/c1-24-20-13-17(7-10-25-20)21(28)27-12-9-22(16-27)8-4-11-26(15-22)14-18-5-2-3-6-19(18)23/h2-3,5-7,10,13H,4,8-9,11-12,14-16H2,1H3,(H,24,25)/t22-/m0/s1. The average molecular weight is 382 g/mol. The van der Waals surface area contributed by atoms with Crippen molar-refractivity contribution in [3.05, 3.63) is 59.5 Å². The quantitative estimate of drug-likeness (QED) is 0.881. The summed E-state index contributed by atoms with van der Waals surface area (Å²) in [6.07, 6.45) is 4.90. The fraction of sp³-hybridized carbons (Fsp3) is 0.455. The third-order valence-electron chi connectivity index (χ3n) is 6.08. The molecule has 3 heterocycles. The average Bonchev–Trinajstić information content (AvgIpc) is 3.12. The van der Waals surface area contributed by atoms with Crippen LogP contribution in [0.25, 0.3) is 0 Å². The first-order chi connectivity index (χ1) is 13.6. The molecule has 0 unspecified atom stereocenters. The molecule has 2 aromatic rings. The topological polar surface area (TPSA) is 48.5 Å². The molecule has 28 heavy (non-hydrogen) atoms. The molecule has 0 radical (unpaired) electrons. The first-order valence-corrected chi connectivity index (χ1v) is 9.97. The highest BCUT2D eigenvalue weighted by Gasteiger charge is 2.42. The van der Waals surface area contributed by atoms with E-state index in [1.165, 1.54) is 6.07 Å². The van der Waals surface area contributed by atoms with Gasteiger partial charge in [-0.25, -0.2) is 9.37 Å². The van der Waals surface area contributed by atoms with E-state index in [1.54, 1.807) is 31.4 Å². The fourth-order valence-electron chi connectivity index (χ4n) is 4.64. The second-order valence-electron chi connectivity index (χ2n) is 8.06. The first kappa shape index (κ1) is 18.9. The van der Waals surface area contributed by atoms with Crippen molar-refractivity contribution in [3.8, 4) is 0 Å². The summed E-state index contributed by atoms with van der Waals surface area (Å²) < 4.78 is 14.0. The summed E-state index contributed by atoms with van der Waals surface area (Å²) in [4.78, 5) is 21.5. The molecular formula is C22H27FN4O. The zero-order chi connectivity index (χ0) is 19.6. The van der Waals surface area contributed by atoms with Gasteiger partial charge in [0, 0.05) is 56.0 Å². The normalized spacial score (nSPS) is 22.6. The molecule has 2 aliphatic rings. The summed E-state index contributed by atoms with van der Waals surface area (Å²) in [6.45, 7) is 4.10. The maximum absolute atomic E-state index is 14.0. The van der Waals surface area contributed by atoms with E-state index in [-0.39, 0.29) is 17.1 Å². The second-order valence-corrected chi connectivity index (χ2v) is 8.06. The van der Waals surface area contributed by atoms with E-state index in [1.807, 2.05) is 17.0 Å².